The summed E-state index contributed by atoms with van der Waals surface area (Å²) < 4.78 is 11.5. The van der Waals surface area contributed by atoms with Gasteiger partial charge in [0.05, 0.1) is 0 Å². The molecule has 8 N–H and O–H groups in total. The number of aromatic hydroxyl groups is 6. The molecule has 42 heavy (non-hydrogen) atoms. The summed E-state index contributed by atoms with van der Waals surface area (Å²) >= 11 is 0. The molecule has 4 aromatic rings. The molecule has 0 saturated heterocycles. The van der Waals surface area contributed by atoms with Gasteiger partial charge < -0.3 is 50.3 Å². The Morgan fingerprint density at radius 3 is 1.26 bits per heavy atom. The highest BCUT2D eigenvalue weighted by molar-refractivity contribution is 6.06. The normalized spacial score (nSPS) is 21.2. The van der Waals surface area contributed by atoms with Gasteiger partial charge in [0.2, 0.25) is 11.6 Å². The van der Waals surface area contributed by atoms with Crippen LogP contribution in [0.4, 0.5) is 0 Å². The van der Waals surface area contributed by atoms with E-state index >= 15 is 0 Å². The minimum Gasteiger partial charge on any atom is -0.508 e. The van der Waals surface area contributed by atoms with Gasteiger partial charge in [0.25, 0.3) is 0 Å². The van der Waals surface area contributed by atoms with Crippen LogP contribution in [0.2, 0.25) is 0 Å². The number of aliphatic hydroxyl groups is 2. The third kappa shape index (κ3) is 4.17. The number of carbonyl (C=O) groups excluding carboxylic acids is 2. The van der Waals surface area contributed by atoms with Gasteiger partial charge in [-0.1, -0.05) is 12.1 Å². The van der Waals surface area contributed by atoms with Crippen molar-refractivity contribution in [2.75, 3.05) is 0 Å². The van der Waals surface area contributed by atoms with Gasteiger partial charge >= 0.3 is 0 Å². The van der Waals surface area contributed by atoms with Crippen LogP contribution in [0.25, 0.3) is 11.1 Å². The zero-order valence-corrected chi connectivity index (χ0v) is 21.3. The average Bonchev–Trinajstić information content (AvgIpc) is 2.93. The number of ketones is 2. The Morgan fingerprint density at radius 1 is 0.500 bits per heavy atom. The summed E-state index contributed by atoms with van der Waals surface area (Å²) in [6.07, 6.45) is -6.19. The predicted octanol–water partition coefficient (Wildman–Crippen LogP) is 2.94. The van der Waals surface area contributed by atoms with Crippen molar-refractivity contribution in [2.45, 2.75) is 24.4 Å². The number of Topliss-reactive ketones (excluding diaryl/α,β-unsaturated/α-hetero) is 2. The van der Waals surface area contributed by atoms with E-state index in [1.807, 2.05) is 0 Å². The summed E-state index contributed by atoms with van der Waals surface area (Å²) in [5, 5.41) is 82.7. The molecule has 12 nitrogen and oxygen atoms in total. The molecular formula is C30H22O12. The zero-order valence-electron chi connectivity index (χ0n) is 21.3. The van der Waals surface area contributed by atoms with Crippen molar-refractivity contribution in [1.82, 2.24) is 0 Å². The largest absolute Gasteiger partial charge is 0.508 e. The van der Waals surface area contributed by atoms with Crippen LogP contribution in [-0.2, 0) is 0 Å². The first kappa shape index (κ1) is 26.7. The van der Waals surface area contributed by atoms with Crippen LogP contribution in [0, 0.1) is 0 Å². The lowest BCUT2D eigenvalue weighted by Gasteiger charge is -2.31. The first-order valence-corrected chi connectivity index (χ1v) is 12.5. The molecule has 2 aliphatic rings. The van der Waals surface area contributed by atoms with E-state index in [2.05, 4.69) is 0 Å². The second-order valence-corrected chi connectivity index (χ2v) is 9.92. The molecule has 0 amide bonds. The molecule has 0 saturated carbocycles. The number of phenols is 6. The average molecular weight is 574 g/mol. The van der Waals surface area contributed by atoms with Crippen LogP contribution in [0.3, 0.4) is 0 Å². The van der Waals surface area contributed by atoms with Crippen molar-refractivity contribution in [3.05, 3.63) is 82.9 Å². The Bertz CT molecular complexity index is 1660. The smallest absolute Gasteiger partial charge is 0.202 e. The van der Waals surface area contributed by atoms with Crippen molar-refractivity contribution >= 4 is 11.6 Å². The van der Waals surface area contributed by atoms with Crippen LogP contribution in [0.5, 0.6) is 46.0 Å². The molecule has 0 aromatic heterocycles. The van der Waals surface area contributed by atoms with Crippen LogP contribution in [0.1, 0.15) is 44.1 Å². The molecule has 0 unspecified atom stereocenters. The summed E-state index contributed by atoms with van der Waals surface area (Å²) in [7, 11) is 0. The van der Waals surface area contributed by atoms with Crippen molar-refractivity contribution < 1.29 is 59.9 Å². The number of benzene rings is 4. The van der Waals surface area contributed by atoms with E-state index in [4.69, 9.17) is 9.47 Å². The third-order valence-corrected chi connectivity index (χ3v) is 7.23. The Balaban J connectivity index is 1.39. The molecule has 2 heterocycles. The van der Waals surface area contributed by atoms with Crippen molar-refractivity contribution in [2.24, 2.45) is 0 Å². The van der Waals surface area contributed by atoms with Crippen molar-refractivity contribution in [1.29, 1.82) is 0 Å². The fourth-order valence-corrected chi connectivity index (χ4v) is 5.22. The highest BCUT2D eigenvalue weighted by Gasteiger charge is 2.41. The monoisotopic (exact) mass is 574 g/mol. The Kier molecular flexibility index (Phi) is 6.10. The summed E-state index contributed by atoms with van der Waals surface area (Å²) in [6.45, 7) is 0. The summed E-state index contributed by atoms with van der Waals surface area (Å²) in [5.41, 5.74) is -0.190. The molecule has 0 spiro atoms. The molecule has 0 fully saturated rings. The van der Waals surface area contributed by atoms with Crippen LogP contribution < -0.4 is 9.47 Å². The molecular weight excluding hydrogens is 552 g/mol. The fraction of sp³-hybridized carbons (Fsp3) is 0.133. The number of phenolic OH excluding ortho intramolecular Hbond substituents is 6. The number of rotatable bonds is 3. The topological polar surface area (TPSA) is 214 Å². The van der Waals surface area contributed by atoms with Gasteiger partial charge in [-0.05, 0) is 35.4 Å². The number of aliphatic hydroxyl groups excluding tert-OH is 2. The van der Waals surface area contributed by atoms with Gasteiger partial charge in [0.15, 0.2) is 24.4 Å². The van der Waals surface area contributed by atoms with E-state index in [9.17, 15) is 50.4 Å². The summed E-state index contributed by atoms with van der Waals surface area (Å²) in [5.74, 6) is -4.58. The lowest BCUT2D eigenvalue weighted by Crippen LogP contribution is -2.36. The Hall–Kier alpha value is -5.46. The highest BCUT2D eigenvalue weighted by atomic mass is 16.5. The Labute approximate surface area is 236 Å². The molecule has 4 atom stereocenters. The minimum absolute atomic E-state index is 0.0203. The lowest BCUT2D eigenvalue weighted by molar-refractivity contribution is 0.0208. The quantitative estimate of drug-likeness (QED) is 0.177. The van der Waals surface area contributed by atoms with E-state index in [1.165, 1.54) is 36.4 Å². The Morgan fingerprint density at radius 2 is 0.881 bits per heavy atom. The van der Waals surface area contributed by atoms with E-state index in [1.54, 1.807) is 0 Å². The number of ether oxygens (including phenoxy) is 2. The van der Waals surface area contributed by atoms with E-state index in [0.717, 1.165) is 24.3 Å². The first-order chi connectivity index (χ1) is 19.9. The molecule has 0 bridgehead atoms. The minimum atomic E-state index is -1.77. The second-order valence-electron chi connectivity index (χ2n) is 9.92. The first-order valence-electron chi connectivity index (χ1n) is 12.5. The van der Waals surface area contributed by atoms with E-state index < -0.39 is 47.5 Å². The molecule has 214 valence electrons. The van der Waals surface area contributed by atoms with E-state index in [-0.39, 0.29) is 67.9 Å². The van der Waals surface area contributed by atoms with Crippen LogP contribution in [-0.4, -0.2) is 64.6 Å². The molecule has 0 radical (unpaired) electrons. The maximum atomic E-state index is 12.9. The van der Waals surface area contributed by atoms with Gasteiger partial charge in [-0.15, -0.1) is 0 Å². The van der Waals surface area contributed by atoms with Gasteiger partial charge in [-0.2, -0.15) is 0 Å². The van der Waals surface area contributed by atoms with Crippen LogP contribution >= 0.6 is 0 Å². The third-order valence-electron chi connectivity index (χ3n) is 7.23. The predicted molar refractivity (Wildman–Crippen MR) is 142 cm³/mol. The maximum Gasteiger partial charge on any atom is 0.202 e. The zero-order chi connectivity index (χ0) is 30.0. The van der Waals surface area contributed by atoms with Gasteiger partial charge in [-0.25, -0.2) is 0 Å². The number of carbonyl (C=O) groups is 2. The fourth-order valence-electron chi connectivity index (χ4n) is 5.22. The van der Waals surface area contributed by atoms with Gasteiger partial charge in [-0.3, -0.25) is 9.59 Å². The highest BCUT2D eigenvalue weighted by Crippen LogP contribution is 2.46. The van der Waals surface area contributed by atoms with Gasteiger partial charge in [0, 0.05) is 35.4 Å². The molecule has 2 aliphatic heterocycles. The molecule has 12 heteroatoms. The SMILES string of the molecule is O=C1c2c(O)cc(O)cc2O[C@@H](c2ccc(O)c(-c3cc([C@H]4Oc5cc(O)cc(O)c5C(=O)[C@@H]4O)ccc3O)c2)[C@@H]1O. The number of fused-ring (bicyclic) bond motifs is 2. The standard InChI is InChI=1S/C30H22O12/c31-13-7-19(35)23-21(9-13)41-29(27(39)25(23)37)11-1-3-17(33)15(5-11)16-6-12(2-4-18(16)34)30-28(40)26(38)24-20(36)8-14(32)10-22(24)42-30/h1-10,27-36,39-40H/t27-,28+,29+,30-. The van der Waals surface area contributed by atoms with Crippen molar-refractivity contribution in [3.63, 3.8) is 0 Å². The molecule has 6 rings (SSSR count). The summed E-state index contributed by atoms with van der Waals surface area (Å²) in [4.78, 5) is 25.7. The van der Waals surface area contributed by atoms with Crippen LogP contribution in [0.15, 0.2) is 60.7 Å². The number of hydrogen-bond acceptors (Lipinski definition) is 12. The van der Waals surface area contributed by atoms with Crippen molar-refractivity contribution in [3.8, 4) is 57.1 Å². The van der Waals surface area contributed by atoms with Gasteiger partial charge in [0.1, 0.15) is 57.1 Å². The molecule has 4 aromatic carbocycles. The number of hydrogen-bond donors (Lipinski definition) is 8. The lowest BCUT2D eigenvalue weighted by atomic mass is 9.89. The maximum absolute atomic E-state index is 12.9. The second kappa shape index (κ2) is 9.58. The summed E-state index contributed by atoms with van der Waals surface area (Å²) in [6, 6.07) is 12.0. The molecule has 0 aliphatic carbocycles. The van der Waals surface area contributed by atoms with E-state index in [0.29, 0.717) is 0 Å².